The van der Waals surface area contributed by atoms with E-state index in [9.17, 15) is 19.7 Å². The van der Waals surface area contributed by atoms with Gasteiger partial charge in [-0.1, -0.05) is 12.1 Å². The number of carbonyl (C=O) groups is 2. The van der Waals surface area contributed by atoms with Crippen molar-refractivity contribution in [3.63, 3.8) is 0 Å². The van der Waals surface area contributed by atoms with Gasteiger partial charge in [-0.3, -0.25) is 14.9 Å². The van der Waals surface area contributed by atoms with Crippen LogP contribution in [0.25, 0.3) is 0 Å². The topological polar surface area (TPSA) is 121 Å². The molecule has 33 heavy (non-hydrogen) atoms. The van der Waals surface area contributed by atoms with E-state index >= 15 is 0 Å². The molecule has 4 rings (SSSR count). The van der Waals surface area contributed by atoms with Crippen LogP contribution in [0.2, 0.25) is 0 Å². The molecule has 0 saturated carbocycles. The first-order valence-corrected chi connectivity index (χ1v) is 10.6. The Morgan fingerprint density at radius 2 is 2.06 bits per heavy atom. The number of hydrogen-bond donors (Lipinski definition) is 1. The van der Waals surface area contributed by atoms with E-state index in [0.717, 1.165) is 5.76 Å². The Balaban J connectivity index is 1.79. The van der Waals surface area contributed by atoms with Crippen LogP contribution in [0.15, 0.2) is 69.6 Å². The number of benzene rings is 1. The lowest BCUT2D eigenvalue weighted by molar-refractivity contribution is -0.384. The predicted molar refractivity (Wildman–Crippen MR) is 117 cm³/mol. The lowest BCUT2D eigenvalue weighted by Crippen LogP contribution is -2.36. The van der Waals surface area contributed by atoms with Gasteiger partial charge in [-0.25, -0.2) is 4.79 Å². The molecule has 1 N–H and O–H groups in total. The van der Waals surface area contributed by atoms with Gasteiger partial charge in [0.2, 0.25) is 0 Å². The maximum Gasteiger partial charge on any atom is 0.336 e. The second kappa shape index (κ2) is 9.41. The van der Waals surface area contributed by atoms with Crippen molar-refractivity contribution in [2.75, 3.05) is 20.3 Å². The maximum atomic E-state index is 13.4. The Morgan fingerprint density at radius 3 is 2.76 bits per heavy atom. The number of nitrogens with one attached hydrogen (secondary N) is 1. The monoisotopic (exact) mass is 452 g/mol. The van der Waals surface area contributed by atoms with Gasteiger partial charge in [-0.2, -0.15) is 0 Å². The molecule has 1 aliphatic heterocycles. The molecule has 0 amide bonds. The molecule has 0 bridgehead atoms. The van der Waals surface area contributed by atoms with E-state index in [-0.39, 0.29) is 42.6 Å². The van der Waals surface area contributed by atoms with Crippen LogP contribution in [0.1, 0.15) is 42.9 Å². The van der Waals surface area contributed by atoms with Crippen molar-refractivity contribution in [1.82, 2.24) is 5.32 Å². The summed E-state index contributed by atoms with van der Waals surface area (Å²) in [5.74, 6) is -0.929. The van der Waals surface area contributed by atoms with Crippen molar-refractivity contribution in [1.29, 1.82) is 0 Å². The summed E-state index contributed by atoms with van der Waals surface area (Å²) < 4.78 is 15.8. The average molecular weight is 452 g/mol. The normalized spacial score (nSPS) is 20.4. The number of carbonyl (C=O) groups excluding carboxylic acids is 2. The largest absolute Gasteiger partial charge is 0.469 e. The fourth-order valence-corrected chi connectivity index (χ4v) is 4.48. The molecule has 0 fully saturated rings. The zero-order valence-corrected chi connectivity index (χ0v) is 18.3. The van der Waals surface area contributed by atoms with E-state index < -0.39 is 16.8 Å². The number of nitro groups is 1. The summed E-state index contributed by atoms with van der Waals surface area (Å²) in [5, 5.41) is 14.6. The predicted octanol–water partition coefficient (Wildman–Crippen LogP) is 3.74. The molecule has 2 aliphatic rings. The van der Waals surface area contributed by atoms with Crippen LogP contribution in [0.3, 0.4) is 0 Å². The molecule has 0 unspecified atom stereocenters. The number of nitrogens with zero attached hydrogens (tertiary/aromatic N) is 1. The van der Waals surface area contributed by atoms with Gasteiger partial charge in [0.1, 0.15) is 12.4 Å². The van der Waals surface area contributed by atoms with E-state index in [1.165, 1.54) is 19.2 Å². The Morgan fingerprint density at radius 1 is 1.24 bits per heavy atom. The van der Waals surface area contributed by atoms with Crippen LogP contribution in [0.5, 0.6) is 0 Å². The van der Waals surface area contributed by atoms with Gasteiger partial charge in [0.15, 0.2) is 5.78 Å². The minimum absolute atomic E-state index is 0.0498. The van der Waals surface area contributed by atoms with E-state index in [0.29, 0.717) is 29.0 Å². The molecule has 2 heterocycles. The number of furan rings is 1. The Hall–Kier alpha value is -3.72. The molecular weight excluding hydrogens is 428 g/mol. The number of ether oxygens (including phenoxy) is 2. The molecule has 9 nitrogen and oxygen atoms in total. The third kappa shape index (κ3) is 4.45. The zero-order chi connectivity index (χ0) is 23.5. The summed E-state index contributed by atoms with van der Waals surface area (Å²) in [7, 11) is 1.50. The van der Waals surface area contributed by atoms with Crippen molar-refractivity contribution in [2.24, 2.45) is 0 Å². The SMILES string of the molecule is COCCOC(=O)C1=C(C)NC2=C(C(=O)C[C@@H](c3ccco3)C2)[C@H]1c1cccc([N+](=O)[O-])c1. The van der Waals surface area contributed by atoms with Gasteiger partial charge in [0.25, 0.3) is 5.69 Å². The van der Waals surface area contributed by atoms with E-state index in [1.807, 2.05) is 6.07 Å². The number of esters is 1. The molecule has 1 aromatic carbocycles. The van der Waals surface area contributed by atoms with Crippen LogP contribution in [-0.4, -0.2) is 37.0 Å². The maximum absolute atomic E-state index is 13.4. The summed E-state index contributed by atoms with van der Waals surface area (Å²) in [5.41, 5.74) is 2.30. The summed E-state index contributed by atoms with van der Waals surface area (Å²) in [4.78, 5) is 37.4. The van der Waals surface area contributed by atoms with Gasteiger partial charge >= 0.3 is 5.97 Å². The van der Waals surface area contributed by atoms with E-state index in [1.54, 1.807) is 31.4 Å². The number of rotatable bonds is 7. The summed E-state index contributed by atoms with van der Waals surface area (Å²) in [6.07, 6.45) is 2.30. The first-order valence-electron chi connectivity index (χ1n) is 10.6. The quantitative estimate of drug-likeness (QED) is 0.292. The molecule has 2 atom stereocenters. The number of dihydropyridines is 1. The highest BCUT2D eigenvalue weighted by Crippen LogP contribution is 2.46. The second-order valence-corrected chi connectivity index (χ2v) is 8.01. The van der Waals surface area contributed by atoms with Crippen LogP contribution in [0, 0.1) is 10.1 Å². The molecular formula is C24H24N2O7. The Kier molecular flexibility index (Phi) is 6.41. The number of methoxy groups -OCH3 is 1. The minimum Gasteiger partial charge on any atom is -0.469 e. The molecule has 0 radical (unpaired) electrons. The highest BCUT2D eigenvalue weighted by Gasteiger charge is 2.42. The lowest BCUT2D eigenvalue weighted by atomic mass is 9.72. The third-order valence-corrected chi connectivity index (χ3v) is 5.93. The molecule has 9 heteroatoms. The van der Waals surface area contributed by atoms with Crippen molar-refractivity contribution < 1.29 is 28.4 Å². The fourth-order valence-electron chi connectivity index (χ4n) is 4.48. The Labute approximate surface area is 190 Å². The Bertz CT molecular complexity index is 1150. The van der Waals surface area contributed by atoms with Crippen LogP contribution in [-0.2, 0) is 19.1 Å². The first-order chi connectivity index (χ1) is 15.9. The standard InChI is InChI=1S/C24H24N2O7/c1-14-21(24(28)33-10-9-31-2)22(15-5-3-6-17(11-15)26(29)30)23-18(25-14)12-16(13-19(23)27)20-7-4-8-32-20/h3-8,11,16,22,25H,9-10,12-13H2,1-2H3/t16-,22-/m0/s1. The van der Waals surface area contributed by atoms with Crippen LogP contribution < -0.4 is 5.32 Å². The molecule has 1 aliphatic carbocycles. The smallest absolute Gasteiger partial charge is 0.336 e. The third-order valence-electron chi connectivity index (χ3n) is 5.93. The van der Waals surface area contributed by atoms with Crippen molar-refractivity contribution in [2.45, 2.75) is 31.6 Å². The van der Waals surface area contributed by atoms with Crippen LogP contribution >= 0.6 is 0 Å². The molecule has 1 aromatic heterocycles. The van der Waals surface area contributed by atoms with Gasteiger partial charge in [0.05, 0.1) is 23.4 Å². The molecule has 2 aromatic rings. The zero-order valence-electron chi connectivity index (χ0n) is 18.3. The molecule has 172 valence electrons. The first kappa shape index (κ1) is 22.5. The number of allylic oxidation sites excluding steroid dienone is 3. The van der Waals surface area contributed by atoms with Crippen molar-refractivity contribution >= 4 is 17.4 Å². The minimum atomic E-state index is -0.777. The molecule has 0 spiro atoms. The summed E-state index contributed by atoms with van der Waals surface area (Å²) in [6.45, 7) is 2.01. The highest BCUT2D eigenvalue weighted by molar-refractivity contribution is 6.04. The van der Waals surface area contributed by atoms with Gasteiger partial charge < -0.3 is 19.2 Å². The van der Waals surface area contributed by atoms with Gasteiger partial charge in [-0.05, 0) is 31.0 Å². The average Bonchev–Trinajstić information content (AvgIpc) is 3.33. The number of ketones is 1. The van der Waals surface area contributed by atoms with E-state index in [2.05, 4.69) is 5.32 Å². The number of hydrogen-bond acceptors (Lipinski definition) is 8. The number of non-ortho nitro benzene ring substituents is 1. The summed E-state index contributed by atoms with van der Waals surface area (Å²) >= 11 is 0. The van der Waals surface area contributed by atoms with Crippen molar-refractivity contribution in [3.8, 4) is 0 Å². The van der Waals surface area contributed by atoms with Crippen molar-refractivity contribution in [3.05, 3.63) is 86.6 Å². The van der Waals surface area contributed by atoms with Crippen LogP contribution in [0.4, 0.5) is 5.69 Å². The van der Waals surface area contributed by atoms with Gasteiger partial charge in [0, 0.05) is 54.5 Å². The van der Waals surface area contributed by atoms with E-state index in [4.69, 9.17) is 13.9 Å². The summed E-state index contributed by atoms with van der Waals surface area (Å²) in [6, 6.07) is 9.65. The highest BCUT2D eigenvalue weighted by atomic mass is 16.6. The number of nitro benzene ring substituents is 1. The van der Waals surface area contributed by atoms with Gasteiger partial charge in [-0.15, -0.1) is 0 Å². The fraction of sp³-hybridized carbons (Fsp3) is 0.333. The number of Topliss-reactive ketones (excluding diaryl/α,β-unsaturated/α-hetero) is 1. The lowest BCUT2D eigenvalue weighted by Gasteiger charge is -2.36. The molecule has 0 saturated heterocycles. The second-order valence-electron chi connectivity index (χ2n) is 8.01.